The summed E-state index contributed by atoms with van der Waals surface area (Å²) in [6.45, 7) is 6.00. The molecule has 0 aliphatic carbocycles. The van der Waals surface area contributed by atoms with Gasteiger partial charge in [-0.1, -0.05) is 13.8 Å². The monoisotopic (exact) mass is 364 g/mol. The van der Waals surface area contributed by atoms with Gasteiger partial charge in [-0.15, -0.1) is 11.3 Å². The molecule has 0 unspecified atom stereocenters. The lowest BCUT2D eigenvalue weighted by molar-refractivity contribution is -0.125. The zero-order chi connectivity index (χ0) is 18.4. The summed E-state index contributed by atoms with van der Waals surface area (Å²) in [4.78, 5) is 27.9. The van der Waals surface area contributed by atoms with Gasteiger partial charge in [-0.2, -0.15) is 0 Å². The minimum Gasteiger partial charge on any atom is -0.458 e. The SMILES string of the molecule is CCC(CC)(CN)C(=O)Nc1nc(-c2ccc(CNC(C)=O)o2)cs1. The Hall–Kier alpha value is -2.19. The molecule has 25 heavy (non-hydrogen) atoms. The van der Waals surface area contributed by atoms with Gasteiger partial charge >= 0.3 is 0 Å². The summed E-state index contributed by atoms with van der Waals surface area (Å²) in [6, 6.07) is 3.58. The summed E-state index contributed by atoms with van der Waals surface area (Å²) in [7, 11) is 0. The van der Waals surface area contributed by atoms with Crippen molar-refractivity contribution in [3.8, 4) is 11.5 Å². The van der Waals surface area contributed by atoms with Crippen LogP contribution < -0.4 is 16.4 Å². The molecule has 0 spiro atoms. The average Bonchev–Trinajstić information content (AvgIpc) is 3.24. The van der Waals surface area contributed by atoms with Crippen LogP contribution in [0.5, 0.6) is 0 Å². The molecule has 0 atom stereocenters. The number of hydrogen-bond donors (Lipinski definition) is 3. The normalized spacial score (nSPS) is 11.4. The highest BCUT2D eigenvalue weighted by molar-refractivity contribution is 7.14. The van der Waals surface area contributed by atoms with Crippen molar-refractivity contribution in [1.82, 2.24) is 10.3 Å². The van der Waals surface area contributed by atoms with Crippen LogP contribution >= 0.6 is 11.3 Å². The van der Waals surface area contributed by atoms with E-state index in [0.717, 1.165) is 0 Å². The highest BCUT2D eigenvalue weighted by Crippen LogP contribution is 2.30. The Balaban J connectivity index is 2.07. The number of rotatable bonds is 8. The van der Waals surface area contributed by atoms with E-state index in [4.69, 9.17) is 10.2 Å². The fourth-order valence-corrected chi connectivity index (χ4v) is 3.14. The van der Waals surface area contributed by atoms with Gasteiger partial charge in [0.1, 0.15) is 11.5 Å². The Kier molecular flexibility index (Phi) is 6.33. The number of aromatic nitrogens is 1. The van der Waals surface area contributed by atoms with Crippen molar-refractivity contribution in [2.24, 2.45) is 11.1 Å². The Bertz CT molecular complexity index is 726. The largest absolute Gasteiger partial charge is 0.458 e. The standard InChI is InChI=1S/C17H24N4O3S/c1-4-17(5-2,10-18)15(23)21-16-20-13(9-25-16)14-7-6-12(24-14)8-19-11(3)22/h6-7,9H,4-5,8,10,18H2,1-3H3,(H,19,22)(H,20,21,23). The average molecular weight is 364 g/mol. The molecule has 136 valence electrons. The summed E-state index contributed by atoms with van der Waals surface area (Å²) in [5, 5.41) is 7.87. The number of thiazole rings is 1. The molecule has 2 rings (SSSR count). The molecule has 0 aliphatic rings. The van der Waals surface area contributed by atoms with Crippen LogP contribution in [0.2, 0.25) is 0 Å². The number of hydrogen-bond acceptors (Lipinski definition) is 6. The van der Waals surface area contributed by atoms with Crippen LogP contribution in [0.3, 0.4) is 0 Å². The van der Waals surface area contributed by atoms with Gasteiger partial charge < -0.3 is 20.8 Å². The molecule has 0 saturated heterocycles. The maximum absolute atomic E-state index is 12.5. The van der Waals surface area contributed by atoms with Gasteiger partial charge in [0.2, 0.25) is 11.8 Å². The summed E-state index contributed by atoms with van der Waals surface area (Å²) in [5.41, 5.74) is 5.88. The molecule has 2 aromatic heterocycles. The van der Waals surface area contributed by atoms with Crippen LogP contribution in [0, 0.1) is 5.41 Å². The van der Waals surface area contributed by atoms with Crippen LogP contribution in [0.4, 0.5) is 5.13 Å². The number of anilines is 1. The molecule has 0 saturated carbocycles. The minimum absolute atomic E-state index is 0.105. The lowest BCUT2D eigenvalue weighted by Gasteiger charge is -2.27. The molecule has 2 amide bonds. The fourth-order valence-electron chi connectivity index (χ4n) is 2.45. The summed E-state index contributed by atoms with van der Waals surface area (Å²) < 4.78 is 5.67. The summed E-state index contributed by atoms with van der Waals surface area (Å²) >= 11 is 1.33. The van der Waals surface area contributed by atoms with Crippen molar-refractivity contribution >= 4 is 28.3 Å². The highest BCUT2D eigenvalue weighted by Gasteiger charge is 2.33. The van der Waals surface area contributed by atoms with Crippen LogP contribution in [0.25, 0.3) is 11.5 Å². The van der Waals surface area contributed by atoms with Crippen molar-refractivity contribution in [3.05, 3.63) is 23.3 Å². The van der Waals surface area contributed by atoms with Crippen molar-refractivity contribution in [2.45, 2.75) is 40.2 Å². The van der Waals surface area contributed by atoms with E-state index in [1.54, 1.807) is 12.1 Å². The summed E-state index contributed by atoms with van der Waals surface area (Å²) in [5.74, 6) is 1.01. The predicted molar refractivity (Wildman–Crippen MR) is 98.0 cm³/mol. The molecular formula is C17H24N4O3S. The third-order valence-corrected chi connectivity index (χ3v) is 5.13. The molecule has 2 heterocycles. The number of carbonyl (C=O) groups excluding carboxylic acids is 2. The Morgan fingerprint density at radius 2 is 2.04 bits per heavy atom. The molecule has 4 N–H and O–H groups in total. The Labute approximate surface area is 151 Å². The van der Waals surface area contributed by atoms with E-state index in [2.05, 4.69) is 15.6 Å². The lowest BCUT2D eigenvalue weighted by atomic mass is 9.81. The van der Waals surface area contributed by atoms with Gasteiger partial charge in [0.25, 0.3) is 0 Å². The van der Waals surface area contributed by atoms with Crippen LogP contribution in [-0.4, -0.2) is 23.3 Å². The molecule has 7 nitrogen and oxygen atoms in total. The first-order chi connectivity index (χ1) is 11.9. The second-order valence-corrected chi connectivity index (χ2v) is 6.72. The van der Waals surface area contributed by atoms with E-state index in [1.807, 2.05) is 19.2 Å². The van der Waals surface area contributed by atoms with Crippen LogP contribution in [0.15, 0.2) is 21.9 Å². The van der Waals surface area contributed by atoms with Crippen molar-refractivity contribution in [3.63, 3.8) is 0 Å². The lowest BCUT2D eigenvalue weighted by Crippen LogP contribution is -2.41. The first kappa shape index (κ1) is 19.1. The van der Waals surface area contributed by atoms with Gasteiger partial charge in [-0.05, 0) is 25.0 Å². The smallest absolute Gasteiger partial charge is 0.233 e. The third-order valence-electron chi connectivity index (χ3n) is 4.38. The van der Waals surface area contributed by atoms with Crippen LogP contribution in [-0.2, 0) is 16.1 Å². The van der Waals surface area contributed by atoms with Crippen molar-refractivity contribution in [2.75, 3.05) is 11.9 Å². The highest BCUT2D eigenvalue weighted by atomic mass is 32.1. The molecule has 8 heteroatoms. The number of nitrogens with zero attached hydrogens (tertiary/aromatic N) is 1. The third kappa shape index (κ3) is 4.46. The second-order valence-electron chi connectivity index (χ2n) is 5.86. The number of nitrogens with two attached hydrogens (primary N) is 1. The van der Waals surface area contributed by atoms with Crippen molar-refractivity contribution < 1.29 is 14.0 Å². The Morgan fingerprint density at radius 1 is 1.32 bits per heavy atom. The number of nitrogens with one attached hydrogen (secondary N) is 2. The predicted octanol–water partition coefficient (Wildman–Crippen LogP) is 2.74. The first-order valence-electron chi connectivity index (χ1n) is 8.24. The molecule has 0 radical (unpaired) electrons. The number of carbonyl (C=O) groups is 2. The second kappa shape index (κ2) is 8.26. The molecule has 0 aromatic carbocycles. The van der Waals surface area contributed by atoms with Gasteiger partial charge in [0, 0.05) is 18.8 Å². The minimum atomic E-state index is -0.567. The molecular weight excluding hydrogens is 340 g/mol. The Morgan fingerprint density at radius 3 is 2.64 bits per heavy atom. The molecule has 0 bridgehead atoms. The van der Waals surface area contributed by atoms with E-state index in [-0.39, 0.29) is 11.8 Å². The van der Waals surface area contributed by atoms with E-state index >= 15 is 0 Å². The van der Waals surface area contributed by atoms with Gasteiger partial charge in [-0.25, -0.2) is 4.98 Å². The van der Waals surface area contributed by atoms with Crippen molar-refractivity contribution in [1.29, 1.82) is 0 Å². The van der Waals surface area contributed by atoms with E-state index in [9.17, 15) is 9.59 Å². The molecule has 0 fully saturated rings. The number of furan rings is 1. The van der Waals surface area contributed by atoms with Gasteiger partial charge in [0.15, 0.2) is 10.9 Å². The maximum atomic E-state index is 12.5. The zero-order valence-corrected chi connectivity index (χ0v) is 15.5. The molecule has 2 aromatic rings. The van der Waals surface area contributed by atoms with E-state index in [1.165, 1.54) is 18.3 Å². The van der Waals surface area contributed by atoms with Gasteiger partial charge in [-0.3, -0.25) is 9.59 Å². The maximum Gasteiger partial charge on any atom is 0.233 e. The van der Waals surface area contributed by atoms with Gasteiger partial charge in [0.05, 0.1) is 12.0 Å². The topological polar surface area (TPSA) is 110 Å². The quantitative estimate of drug-likeness (QED) is 0.667. The fraction of sp³-hybridized carbons (Fsp3) is 0.471. The van der Waals surface area contributed by atoms with E-state index in [0.29, 0.717) is 48.3 Å². The summed E-state index contributed by atoms with van der Waals surface area (Å²) in [6.07, 6.45) is 1.35. The number of amides is 2. The first-order valence-corrected chi connectivity index (χ1v) is 9.12. The zero-order valence-electron chi connectivity index (χ0n) is 14.7. The van der Waals surface area contributed by atoms with E-state index < -0.39 is 5.41 Å². The molecule has 0 aliphatic heterocycles. The van der Waals surface area contributed by atoms with Crippen LogP contribution in [0.1, 0.15) is 39.4 Å².